The fourth-order valence-electron chi connectivity index (χ4n) is 2.39. The third kappa shape index (κ3) is 4.29. The molecule has 0 spiro atoms. The van der Waals surface area contributed by atoms with Crippen LogP contribution in [0, 0.1) is 11.8 Å². The summed E-state index contributed by atoms with van der Waals surface area (Å²) in [5.74, 6) is 0.550. The van der Waals surface area contributed by atoms with E-state index in [4.69, 9.17) is 0 Å². The van der Waals surface area contributed by atoms with Crippen LogP contribution < -0.4 is 10.6 Å². The quantitative estimate of drug-likeness (QED) is 0.738. The van der Waals surface area contributed by atoms with Gasteiger partial charge < -0.3 is 15.5 Å². The molecule has 1 heterocycles. The van der Waals surface area contributed by atoms with E-state index in [1.807, 2.05) is 6.92 Å². The first kappa shape index (κ1) is 15.0. The van der Waals surface area contributed by atoms with E-state index in [1.54, 1.807) is 11.9 Å². The van der Waals surface area contributed by atoms with E-state index in [9.17, 15) is 9.59 Å². The Labute approximate surface area is 109 Å². The van der Waals surface area contributed by atoms with Crippen molar-refractivity contribution in [2.45, 2.75) is 26.7 Å². The van der Waals surface area contributed by atoms with Crippen LogP contribution in [-0.2, 0) is 9.59 Å². The molecule has 1 saturated heterocycles. The lowest BCUT2D eigenvalue weighted by Crippen LogP contribution is -2.48. The Kier molecular flexibility index (Phi) is 6.12. The molecule has 2 amide bonds. The molecular weight excluding hydrogens is 230 g/mol. The van der Waals surface area contributed by atoms with Crippen LogP contribution in [0.25, 0.3) is 0 Å². The van der Waals surface area contributed by atoms with Gasteiger partial charge in [-0.05, 0) is 25.3 Å². The number of nitrogens with one attached hydrogen (secondary N) is 2. The van der Waals surface area contributed by atoms with Gasteiger partial charge in [-0.15, -0.1) is 0 Å². The molecular formula is C13H25N3O2. The topological polar surface area (TPSA) is 61.4 Å². The van der Waals surface area contributed by atoms with Gasteiger partial charge in [-0.3, -0.25) is 9.59 Å². The van der Waals surface area contributed by atoms with Crippen LogP contribution in [0.2, 0.25) is 0 Å². The molecule has 2 unspecified atom stereocenters. The molecule has 0 radical (unpaired) electrons. The molecule has 2 N–H and O–H groups in total. The zero-order valence-corrected chi connectivity index (χ0v) is 11.7. The number of piperidine rings is 1. The van der Waals surface area contributed by atoms with Crippen molar-refractivity contribution in [1.82, 2.24) is 15.5 Å². The number of likely N-dealkylation sites (N-methyl/N-ethyl adjacent to an activating group) is 1. The molecule has 1 aliphatic rings. The van der Waals surface area contributed by atoms with Crippen molar-refractivity contribution in [2.75, 3.05) is 33.2 Å². The van der Waals surface area contributed by atoms with Crippen molar-refractivity contribution < 1.29 is 9.59 Å². The first-order valence-corrected chi connectivity index (χ1v) is 6.78. The Morgan fingerprint density at radius 2 is 2.11 bits per heavy atom. The summed E-state index contributed by atoms with van der Waals surface area (Å²) in [6, 6.07) is 0. The van der Waals surface area contributed by atoms with E-state index in [1.165, 1.54) is 0 Å². The molecule has 104 valence electrons. The number of nitrogens with zero attached hydrogens (tertiary/aromatic N) is 1. The third-order valence-electron chi connectivity index (χ3n) is 3.34. The lowest BCUT2D eigenvalue weighted by Gasteiger charge is -2.31. The minimum Gasteiger partial charge on any atom is -0.358 e. The maximum atomic E-state index is 12.4. The van der Waals surface area contributed by atoms with E-state index < -0.39 is 0 Å². The van der Waals surface area contributed by atoms with E-state index in [-0.39, 0.29) is 24.3 Å². The SMILES string of the molecule is CCCN(CC(=O)NC)C(=O)C1CNCC(C)C1. The zero-order valence-electron chi connectivity index (χ0n) is 11.7. The molecule has 0 aromatic carbocycles. The van der Waals surface area contributed by atoms with Crippen molar-refractivity contribution in [1.29, 1.82) is 0 Å². The van der Waals surface area contributed by atoms with Gasteiger partial charge in [0.25, 0.3) is 0 Å². The number of rotatable bonds is 5. The number of hydrogen-bond acceptors (Lipinski definition) is 3. The van der Waals surface area contributed by atoms with E-state index >= 15 is 0 Å². The summed E-state index contributed by atoms with van der Waals surface area (Å²) in [5, 5.41) is 5.85. The second-order valence-electron chi connectivity index (χ2n) is 5.13. The first-order valence-electron chi connectivity index (χ1n) is 6.78. The number of hydrogen-bond donors (Lipinski definition) is 2. The molecule has 5 heteroatoms. The number of carbonyl (C=O) groups excluding carboxylic acids is 2. The number of amides is 2. The average molecular weight is 255 g/mol. The van der Waals surface area contributed by atoms with Crippen LogP contribution in [-0.4, -0.2) is 49.9 Å². The lowest BCUT2D eigenvalue weighted by atomic mass is 9.90. The van der Waals surface area contributed by atoms with Crippen molar-refractivity contribution in [2.24, 2.45) is 11.8 Å². The molecule has 0 aromatic heterocycles. The zero-order chi connectivity index (χ0) is 13.5. The van der Waals surface area contributed by atoms with Crippen molar-refractivity contribution in [3.05, 3.63) is 0 Å². The molecule has 0 saturated carbocycles. The summed E-state index contributed by atoms with van der Waals surface area (Å²) in [5.41, 5.74) is 0. The van der Waals surface area contributed by atoms with E-state index in [2.05, 4.69) is 17.6 Å². The minimum absolute atomic E-state index is 0.0185. The number of carbonyl (C=O) groups is 2. The molecule has 0 aromatic rings. The second kappa shape index (κ2) is 7.36. The highest BCUT2D eigenvalue weighted by atomic mass is 16.2. The Morgan fingerprint density at radius 1 is 1.39 bits per heavy atom. The molecule has 5 nitrogen and oxygen atoms in total. The maximum Gasteiger partial charge on any atom is 0.239 e. The largest absolute Gasteiger partial charge is 0.358 e. The monoisotopic (exact) mass is 255 g/mol. The molecule has 1 fully saturated rings. The van der Waals surface area contributed by atoms with Crippen LogP contribution in [0.1, 0.15) is 26.7 Å². The van der Waals surface area contributed by atoms with Crippen molar-refractivity contribution in [3.63, 3.8) is 0 Å². The smallest absolute Gasteiger partial charge is 0.239 e. The van der Waals surface area contributed by atoms with Crippen LogP contribution in [0.15, 0.2) is 0 Å². The highest BCUT2D eigenvalue weighted by Crippen LogP contribution is 2.18. The van der Waals surface area contributed by atoms with Crippen LogP contribution >= 0.6 is 0 Å². The molecule has 0 aliphatic carbocycles. The summed E-state index contributed by atoms with van der Waals surface area (Å²) < 4.78 is 0. The summed E-state index contributed by atoms with van der Waals surface area (Å²) >= 11 is 0. The van der Waals surface area contributed by atoms with Gasteiger partial charge in [0, 0.05) is 20.1 Å². The van der Waals surface area contributed by atoms with Gasteiger partial charge in [0.05, 0.1) is 12.5 Å². The van der Waals surface area contributed by atoms with Gasteiger partial charge in [0.2, 0.25) is 11.8 Å². The predicted octanol–water partition coefficient (Wildman–Crippen LogP) is 0.217. The van der Waals surface area contributed by atoms with Gasteiger partial charge in [-0.1, -0.05) is 13.8 Å². The predicted molar refractivity (Wildman–Crippen MR) is 71.1 cm³/mol. The fraction of sp³-hybridized carbons (Fsp3) is 0.846. The Balaban J connectivity index is 2.60. The summed E-state index contributed by atoms with van der Waals surface area (Å²) in [6.45, 7) is 6.70. The normalized spacial score (nSPS) is 23.5. The standard InChI is InChI=1S/C13H25N3O2/c1-4-5-16(9-12(17)14-3)13(18)11-6-10(2)7-15-8-11/h10-11,15H,4-9H2,1-3H3,(H,14,17). The summed E-state index contributed by atoms with van der Waals surface area (Å²) in [7, 11) is 1.60. The highest BCUT2D eigenvalue weighted by molar-refractivity contribution is 5.86. The van der Waals surface area contributed by atoms with E-state index in [0.29, 0.717) is 12.5 Å². The molecule has 0 bridgehead atoms. The molecule has 2 atom stereocenters. The van der Waals surface area contributed by atoms with Gasteiger partial charge in [0.15, 0.2) is 0 Å². The Bertz CT molecular complexity index is 294. The minimum atomic E-state index is -0.103. The van der Waals surface area contributed by atoms with Crippen molar-refractivity contribution >= 4 is 11.8 Å². The van der Waals surface area contributed by atoms with Gasteiger partial charge in [-0.25, -0.2) is 0 Å². The maximum absolute atomic E-state index is 12.4. The molecule has 1 aliphatic heterocycles. The van der Waals surface area contributed by atoms with Crippen LogP contribution in [0.5, 0.6) is 0 Å². The Morgan fingerprint density at radius 3 is 2.67 bits per heavy atom. The summed E-state index contributed by atoms with van der Waals surface area (Å²) in [4.78, 5) is 25.5. The summed E-state index contributed by atoms with van der Waals surface area (Å²) in [6.07, 6.45) is 1.79. The first-order chi connectivity index (χ1) is 8.58. The third-order valence-corrected chi connectivity index (χ3v) is 3.34. The second-order valence-corrected chi connectivity index (χ2v) is 5.13. The van der Waals surface area contributed by atoms with Gasteiger partial charge >= 0.3 is 0 Å². The fourth-order valence-corrected chi connectivity index (χ4v) is 2.39. The highest BCUT2D eigenvalue weighted by Gasteiger charge is 2.28. The Hall–Kier alpha value is -1.10. The van der Waals surface area contributed by atoms with Crippen LogP contribution in [0.3, 0.4) is 0 Å². The van der Waals surface area contributed by atoms with Crippen LogP contribution in [0.4, 0.5) is 0 Å². The van der Waals surface area contributed by atoms with Gasteiger partial charge in [-0.2, -0.15) is 0 Å². The average Bonchev–Trinajstić information content (AvgIpc) is 2.37. The molecule has 18 heavy (non-hydrogen) atoms. The van der Waals surface area contributed by atoms with Gasteiger partial charge in [0.1, 0.15) is 0 Å². The van der Waals surface area contributed by atoms with E-state index in [0.717, 1.165) is 25.9 Å². The lowest BCUT2D eigenvalue weighted by molar-refractivity contribution is -0.140. The van der Waals surface area contributed by atoms with Crippen molar-refractivity contribution in [3.8, 4) is 0 Å². The molecule has 1 rings (SSSR count).